The van der Waals surface area contributed by atoms with E-state index < -0.39 is 138 Å². The molecular formula is C75H111N25O18. The number of hydrazine groups is 8. The van der Waals surface area contributed by atoms with Crippen LogP contribution in [0.25, 0.3) is 0 Å². The molecule has 16 aliphatic rings. The van der Waals surface area contributed by atoms with Crippen molar-refractivity contribution in [2.45, 2.75) is 202 Å². The minimum Gasteiger partial charge on any atom is -0.395 e. The number of urea groups is 8. The summed E-state index contributed by atoms with van der Waals surface area (Å²) in [6.07, 6.45) is 10.7. The van der Waals surface area contributed by atoms with Gasteiger partial charge in [0.15, 0.2) is 0 Å². The van der Waals surface area contributed by atoms with Crippen LogP contribution in [0.2, 0.25) is 0 Å². The van der Waals surface area contributed by atoms with Crippen LogP contribution in [0.15, 0.2) is 0 Å². The average Bonchev–Trinajstić information content (AvgIpc) is 1.62. The first-order valence-corrected chi connectivity index (χ1v) is 43.2. The molecule has 0 spiro atoms. The Kier molecular flexibility index (Phi) is 23.6. The van der Waals surface area contributed by atoms with Gasteiger partial charge in [-0.2, -0.15) is 0 Å². The van der Waals surface area contributed by atoms with Crippen molar-refractivity contribution in [2.24, 2.45) is 0 Å². The van der Waals surface area contributed by atoms with E-state index in [0.717, 1.165) is 0 Å². The summed E-state index contributed by atoms with van der Waals surface area (Å²) in [7, 11) is 0. The third kappa shape index (κ3) is 14.7. The number of nitrogens with zero attached hydrogens (tertiary/aromatic N) is 24. The highest BCUT2D eigenvalue weighted by atomic mass is 16.3. The largest absolute Gasteiger partial charge is 0.395 e. The molecule has 25 amide bonds. The van der Waals surface area contributed by atoms with Crippen molar-refractivity contribution in [1.82, 2.24) is 125 Å². The van der Waals surface area contributed by atoms with Crippen LogP contribution in [0.5, 0.6) is 0 Å². The van der Waals surface area contributed by atoms with Gasteiger partial charge in [-0.05, 0) is 154 Å². The first-order valence-electron chi connectivity index (χ1n) is 43.2. The maximum Gasteiger partial charge on any atom is 0.339 e. The Bertz CT molecular complexity index is 3930. The Labute approximate surface area is 683 Å². The number of likely N-dealkylation sites (tertiary alicyclic amines) is 8. The SMILES string of the molecule is O=CN1CCCN1C(=O)N1CCC[C@H]1C(=O)N1CCCN1C(=O)N1CCC[C@H]1C(=O)N1CCCN1C(=O)N1CCC[C@H]1C(=O)N1CCCN1C(=O)N1CCC[C@H]1C(=O)N1CCCN1C(=O)N1CCC[C@H]1C(=O)N1CCCN1C(=O)N1CCC[C@H]1C(=O)N1CCCN1C(=O)N1CCC[C@H]1C(=O)N1CCCN1C(=O)N1CCC[C@H]1C(=O)NCCO. The van der Waals surface area contributed by atoms with E-state index in [-0.39, 0.29) is 176 Å². The van der Waals surface area contributed by atoms with Crippen LogP contribution in [0.4, 0.5) is 38.4 Å². The number of hydrogen-bond acceptors (Lipinski definition) is 18. The third-order valence-corrected chi connectivity index (χ3v) is 26.7. The topological polar surface area (TPSA) is 400 Å². The van der Waals surface area contributed by atoms with Gasteiger partial charge < -0.3 is 49.6 Å². The van der Waals surface area contributed by atoms with Gasteiger partial charge >= 0.3 is 48.2 Å². The molecule has 0 aromatic rings. The first kappa shape index (κ1) is 81.1. The normalized spacial score (nSPS) is 27.5. The van der Waals surface area contributed by atoms with Crippen molar-refractivity contribution in [3.8, 4) is 0 Å². The summed E-state index contributed by atoms with van der Waals surface area (Å²) in [5, 5.41) is 33.5. The van der Waals surface area contributed by atoms with Crippen molar-refractivity contribution in [3.63, 3.8) is 0 Å². The number of amides is 25. The Morgan fingerprint density at radius 2 is 0.390 bits per heavy atom. The molecule has 0 aromatic carbocycles. The molecule has 8 atom stereocenters. The zero-order valence-corrected chi connectivity index (χ0v) is 67.2. The summed E-state index contributed by atoms with van der Waals surface area (Å²) in [4.78, 5) is 256. The number of carbonyl (C=O) groups is 17. The van der Waals surface area contributed by atoms with Gasteiger partial charge in [-0.1, -0.05) is 0 Å². The molecular weight excluding hydrogens is 1540 g/mol. The van der Waals surface area contributed by atoms with E-state index in [0.29, 0.717) is 161 Å². The molecule has 16 heterocycles. The number of rotatable bonds is 11. The number of hydrogen-bond donors (Lipinski definition) is 2. The van der Waals surface area contributed by atoms with Gasteiger partial charge in [0.1, 0.15) is 48.3 Å². The Morgan fingerprint density at radius 3 is 0.593 bits per heavy atom. The predicted octanol–water partition coefficient (Wildman–Crippen LogP) is -1.01. The Hall–Kier alpha value is -10.6. The van der Waals surface area contributed by atoms with Gasteiger partial charge in [0.25, 0.3) is 41.4 Å². The zero-order valence-electron chi connectivity index (χ0n) is 67.2. The second kappa shape index (κ2) is 34.4. The van der Waals surface area contributed by atoms with Crippen LogP contribution >= 0.6 is 0 Å². The quantitative estimate of drug-likeness (QED) is 0.234. The van der Waals surface area contributed by atoms with Crippen LogP contribution in [0, 0.1) is 0 Å². The van der Waals surface area contributed by atoms with Crippen LogP contribution in [0.1, 0.15) is 154 Å². The Morgan fingerprint density at radius 1 is 0.220 bits per heavy atom. The highest BCUT2D eigenvalue weighted by Crippen LogP contribution is 2.37. The lowest BCUT2D eigenvalue weighted by Crippen LogP contribution is -2.62. The smallest absolute Gasteiger partial charge is 0.339 e. The van der Waals surface area contributed by atoms with Gasteiger partial charge in [0.2, 0.25) is 12.3 Å². The van der Waals surface area contributed by atoms with Crippen LogP contribution in [-0.2, 0) is 43.2 Å². The highest BCUT2D eigenvalue weighted by molar-refractivity contribution is 5.98. The van der Waals surface area contributed by atoms with E-state index in [4.69, 9.17) is 0 Å². The van der Waals surface area contributed by atoms with Gasteiger partial charge in [0, 0.05) is 164 Å². The molecule has 43 heteroatoms. The number of aliphatic hydroxyl groups is 1. The molecule has 0 unspecified atom stereocenters. The van der Waals surface area contributed by atoms with E-state index in [1.807, 2.05) is 0 Å². The van der Waals surface area contributed by atoms with E-state index in [1.54, 1.807) is 0 Å². The van der Waals surface area contributed by atoms with Gasteiger partial charge in [-0.25, -0.2) is 113 Å². The molecule has 16 saturated heterocycles. The molecule has 0 saturated carbocycles. The summed E-state index contributed by atoms with van der Waals surface area (Å²) in [6.45, 7) is 4.75. The number of nitrogens with one attached hydrogen (secondary N) is 1. The second-order valence-corrected chi connectivity index (χ2v) is 33.4. The molecule has 0 aromatic heterocycles. The lowest BCUT2D eigenvalue weighted by Gasteiger charge is -2.40. The number of aliphatic hydroxyl groups excluding tert-OH is 1. The third-order valence-electron chi connectivity index (χ3n) is 26.7. The van der Waals surface area contributed by atoms with Gasteiger partial charge in [-0.15, -0.1) is 0 Å². The summed E-state index contributed by atoms with van der Waals surface area (Å²) in [6, 6.07) is -11.9. The van der Waals surface area contributed by atoms with Crippen LogP contribution < -0.4 is 5.32 Å². The predicted molar refractivity (Wildman–Crippen MR) is 406 cm³/mol. The van der Waals surface area contributed by atoms with E-state index in [1.165, 1.54) is 119 Å². The molecule has 644 valence electrons. The monoisotopic (exact) mass is 1650 g/mol. The van der Waals surface area contributed by atoms with Crippen LogP contribution in [0.3, 0.4) is 0 Å². The van der Waals surface area contributed by atoms with Crippen molar-refractivity contribution >= 4 is 102 Å². The minimum atomic E-state index is -1.02. The first-order chi connectivity index (χ1) is 57.2. The summed E-state index contributed by atoms with van der Waals surface area (Å²) >= 11 is 0. The lowest BCUT2D eigenvalue weighted by molar-refractivity contribution is -0.149. The summed E-state index contributed by atoms with van der Waals surface area (Å²) < 4.78 is 0. The molecule has 0 bridgehead atoms. The van der Waals surface area contributed by atoms with E-state index >= 15 is 4.79 Å². The molecule has 16 aliphatic heterocycles. The average molecular weight is 1650 g/mol. The van der Waals surface area contributed by atoms with E-state index in [9.17, 15) is 81.8 Å². The maximum atomic E-state index is 15.0. The standard InChI is InChI=1S/C75H111N25O18/c101-50-25-76-60(103)52-17-1-27-78(52)69(112)94-43-10-35-86(94)62(105)54-19-3-29-80(54)71(114)96-45-12-37-88(96)64(107)56-21-5-31-82(56)73(116)98-47-14-39-90(98)66(109)58-23-7-33-84(58)75(118)100-49-16-41-92(100)67(110)59-24-8-34-85(59)74(117)99-48-15-40-91(99)65(108)57-22-6-32-83(57)72(115)97-46-13-38-89(97)63(106)55-20-4-30-81(55)70(113)95-44-11-36-87(95)61(104)53-18-2-28-79(53)68(111)93-42-9-26-77(93)51-102/h51-59,101H,1-50H2,(H,76,103)/t52-,53-,54-,55-,56-,57-,58-,59-/m0/s1. The van der Waals surface area contributed by atoms with Gasteiger partial charge in [-0.3, -0.25) is 48.2 Å². The summed E-state index contributed by atoms with van der Waals surface area (Å²) in [5.74, 6) is -3.69. The molecule has 0 aliphatic carbocycles. The minimum absolute atomic E-state index is 0.0401. The summed E-state index contributed by atoms with van der Waals surface area (Å²) in [5.41, 5.74) is 0. The molecule has 43 nitrogen and oxygen atoms in total. The fourth-order valence-corrected chi connectivity index (χ4v) is 20.9. The second-order valence-electron chi connectivity index (χ2n) is 33.4. The van der Waals surface area contributed by atoms with Crippen LogP contribution in [-0.4, -0.2) is 445 Å². The molecule has 16 fully saturated rings. The maximum absolute atomic E-state index is 15.0. The van der Waals surface area contributed by atoms with Gasteiger partial charge in [0.05, 0.1) is 6.61 Å². The fourth-order valence-electron chi connectivity index (χ4n) is 20.9. The van der Waals surface area contributed by atoms with Crippen molar-refractivity contribution in [1.29, 1.82) is 0 Å². The number of carbonyl (C=O) groups excluding carboxylic acids is 17. The zero-order chi connectivity index (χ0) is 82.5. The van der Waals surface area contributed by atoms with Crippen molar-refractivity contribution < 1.29 is 86.6 Å². The highest BCUT2D eigenvalue weighted by Gasteiger charge is 2.55. The van der Waals surface area contributed by atoms with E-state index in [2.05, 4.69) is 5.32 Å². The molecule has 16 rings (SSSR count). The lowest BCUT2D eigenvalue weighted by atomic mass is 10.2. The molecule has 0 radical (unpaired) electrons. The fraction of sp³-hybridized carbons (Fsp3) is 0.773. The molecule has 118 heavy (non-hydrogen) atoms. The van der Waals surface area contributed by atoms with Crippen molar-refractivity contribution in [2.75, 3.05) is 170 Å². The molecule has 2 N–H and O–H groups in total. The Balaban J connectivity index is 0.516. The van der Waals surface area contributed by atoms with Crippen molar-refractivity contribution in [3.05, 3.63) is 0 Å².